The quantitative estimate of drug-likeness (QED) is 0.767. The zero-order valence-corrected chi connectivity index (χ0v) is 7.30. The largest absolute Gasteiger partial charge is 0.478 e. The van der Waals surface area contributed by atoms with Gasteiger partial charge in [-0.25, -0.2) is 4.79 Å². The van der Waals surface area contributed by atoms with Crippen molar-refractivity contribution in [1.29, 1.82) is 0 Å². The Balaban J connectivity index is 3.23. The van der Waals surface area contributed by atoms with Crippen LogP contribution < -0.4 is 0 Å². The van der Waals surface area contributed by atoms with Crippen molar-refractivity contribution >= 4 is 17.6 Å². The Labute approximate surface area is 75.0 Å². The van der Waals surface area contributed by atoms with Crippen LogP contribution in [0.5, 0.6) is 0 Å². The molecule has 0 aliphatic carbocycles. The number of halogens is 1. The average Bonchev–Trinajstić information content (AvgIpc) is 2.04. The predicted octanol–water partition coefficient (Wildman–Crippen LogP) is 2.00. The van der Waals surface area contributed by atoms with E-state index in [9.17, 15) is 4.79 Å². The van der Waals surface area contributed by atoms with E-state index in [0.717, 1.165) is 0 Å². The van der Waals surface area contributed by atoms with E-state index >= 15 is 0 Å². The fourth-order valence-corrected chi connectivity index (χ4v) is 1.22. The Morgan fingerprint density at radius 2 is 2.42 bits per heavy atom. The molecule has 0 spiro atoms. The monoisotopic (exact) mass is 185 g/mol. The molecule has 1 rings (SSSR count). The second kappa shape index (κ2) is 3.54. The first kappa shape index (κ1) is 9.00. The Bertz CT molecular complexity index is 312. The number of carboxylic acid groups (broad SMARTS) is 1. The van der Waals surface area contributed by atoms with Crippen molar-refractivity contribution in [3.05, 3.63) is 28.5 Å². The number of hydrogen-bond acceptors (Lipinski definition) is 2. The van der Waals surface area contributed by atoms with Crippen LogP contribution >= 0.6 is 11.6 Å². The summed E-state index contributed by atoms with van der Waals surface area (Å²) in [5.41, 5.74) is 0.736. The molecule has 0 bridgehead atoms. The van der Waals surface area contributed by atoms with Crippen LogP contribution in [0.15, 0.2) is 12.3 Å². The summed E-state index contributed by atoms with van der Waals surface area (Å²) in [5, 5.41) is 8.92. The maximum Gasteiger partial charge on any atom is 0.337 e. The molecule has 0 aromatic carbocycles. The molecule has 1 N–H and O–H groups in total. The van der Waals surface area contributed by atoms with Crippen molar-refractivity contribution in [3.63, 3.8) is 0 Å². The molecule has 0 saturated carbocycles. The zero-order chi connectivity index (χ0) is 9.14. The van der Waals surface area contributed by atoms with Crippen LogP contribution in [0.4, 0.5) is 0 Å². The normalized spacial score (nSPS) is 9.83. The number of carboxylic acids is 1. The first-order valence-corrected chi connectivity index (χ1v) is 3.91. The summed E-state index contributed by atoms with van der Waals surface area (Å²) in [7, 11) is 0. The van der Waals surface area contributed by atoms with Crippen LogP contribution in [0.3, 0.4) is 0 Å². The van der Waals surface area contributed by atoms with Gasteiger partial charge in [0.25, 0.3) is 0 Å². The van der Waals surface area contributed by atoms with Crippen molar-refractivity contribution in [2.75, 3.05) is 0 Å². The molecule has 1 aromatic rings. The maximum atomic E-state index is 10.6. The lowest BCUT2D eigenvalue weighted by molar-refractivity contribution is 0.0697. The van der Waals surface area contributed by atoms with E-state index in [2.05, 4.69) is 4.98 Å². The van der Waals surface area contributed by atoms with Crippen molar-refractivity contribution in [2.45, 2.75) is 13.3 Å². The molecule has 0 atom stereocenters. The van der Waals surface area contributed by atoms with Gasteiger partial charge in [0.1, 0.15) is 0 Å². The van der Waals surface area contributed by atoms with Crippen molar-refractivity contribution in [1.82, 2.24) is 4.98 Å². The first-order chi connectivity index (χ1) is 5.66. The van der Waals surface area contributed by atoms with Gasteiger partial charge in [-0.2, -0.15) is 0 Å². The smallest absolute Gasteiger partial charge is 0.337 e. The van der Waals surface area contributed by atoms with E-state index in [1.807, 2.05) is 6.92 Å². The average molecular weight is 186 g/mol. The van der Waals surface area contributed by atoms with Crippen LogP contribution in [0.1, 0.15) is 23.0 Å². The third kappa shape index (κ3) is 1.56. The fraction of sp³-hybridized carbons (Fsp3) is 0.250. The molecule has 3 nitrogen and oxygen atoms in total. The van der Waals surface area contributed by atoms with E-state index in [1.165, 1.54) is 12.3 Å². The summed E-state index contributed by atoms with van der Waals surface area (Å²) < 4.78 is 0. The lowest BCUT2D eigenvalue weighted by Crippen LogP contribution is -2.00. The lowest BCUT2D eigenvalue weighted by Gasteiger charge is -2.01. The summed E-state index contributed by atoms with van der Waals surface area (Å²) in [6.45, 7) is 1.87. The van der Waals surface area contributed by atoms with Crippen LogP contribution in [0, 0.1) is 0 Å². The van der Waals surface area contributed by atoms with E-state index < -0.39 is 5.97 Å². The Morgan fingerprint density at radius 1 is 1.75 bits per heavy atom. The molecule has 4 heteroatoms. The highest BCUT2D eigenvalue weighted by molar-refractivity contribution is 6.34. The lowest BCUT2D eigenvalue weighted by atomic mass is 10.2. The topological polar surface area (TPSA) is 50.2 Å². The molecule has 0 saturated heterocycles. The second-order valence-corrected chi connectivity index (χ2v) is 2.66. The molecular weight excluding hydrogens is 178 g/mol. The summed E-state index contributed by atoms with van der Waals surface area (Å²) in [6.07, 6.45) is 2.09. The summed E-state index contributed by atoms with van der Waals surface area (Å²) in [6, 6.07) is 1.39. The summed E-state index contributed by atoms with van der Waals surface area (Å²) in [4.78, 5) is 14.5. The molecule has 1 heterocycles. The molecule has 0 aliphatic heterocycles. The number of carbonyl (C=O) groups is 1. The van der Waals surface area contributed by atoms with Crippen molar-refractivity contribution in [3.8, 4) is 0 Å². The van der Waals surface area contributed by atoms with Gasteiger partial charge in [-0.3, -0.25) is 4.98 Å². The molecule has 0 amide bonds. The van der Waals surface area contributed by atoms with Crippen LogP contribution in [-0.4, -0.2) is 16.1 Å². The molecule has 64 valence electrons. The highest BCUT2D eigenvalue weighted by Crippen LogP contribution is 2.19. The van der Waals surface area contributed by atoms with E-state index in [4.69, 9.17) is 16.7 Å². The number of rotatable bonds is 2. The van der Waals surface area contributed by atoms with Gasteiger partial charge in [0.05, 0.1) is 16.3 Å². The zero-order valence-electron chi connectivity index (χ0n) is 6.54. The van der Waals surface area contributed by atoms with E-state index in [1.54, 1.807) is 0 Å². The summed E-state index contributed by atoms with van der Waals surface area (Å²) >= 11 is 5.76. The number of nitrogens with zero attached hydrogens (tertiary/aromatic N) is 1. The third-order valence-corrected chi connectivity index (χ3v) is 1.95. The molecule has 0 unspecified atom stereocenters. The van der Waals surface area contributed by atoms with Crippen LogP contribution in [0.25, 0.3) is 0 Å². The molecule has 0 radical (unpaired) electrons. The van der Waals surface area contributed by atoms with Gasteiger partial charge in [0, 0.05) is 6.20 Å². The number of aromatic carboxylic acids is 1. The maximum absolute atomic E-state index is 10.6. The third-order valence-electron chi connectivity index (χ3n) is 1.53. The standard InChI is InChI=1S/C8H8ClNO2/c1-2-6-7(9)5(8(11)12)3-4-10-6/h3-4H,2H2,1H3,(H,11,12). The van der Waals surface area contributed by atoms with E-state index in [0.29, 0.717) is 12.1 Å². The number of aryl methyl sites for hydroxylation is 1. The molecular formula is C8H8ClNO2. The van der Waals surface area contributed by atoms with Crippen molar-refractivity contribution < 1.29 is 9.90 Å². The molecule has 1 aromatic heterocycles. The molecule has 0 aliphatic rings. The molecule has 12 heavy (non-hydrogen) atoms. The second-order valence-electron chi connectivity index (χ2n) is 2.28. The van der Waals surface area contributed by atoms with Crippen LogP contribution in [-0.2, 0) is 6.42 Å². The minimum absolute atomic E-state index is 0.114. The first-order valence-electron chi connectivity index (χ1n) is 3.53. The van der Waals surface area contributed by atoms with Gasteiger partial charge in [-0.15, -0.1) is 0 Å². The Morgan fingerprint density at radius 3 is 2.92 bits per heavy atom. The SMILES string of the molecule is CCc1nccc(C(=O)O)c1Cl. The van der Waals surface area contributed by atoms with E-state index in [-0.39, 0.29) is 10.6 Å². The van der Waals surface area contributed by atoms with Gasteiger partial charge in [-0.1, -0.05) is 18.5 Å². The highest BCUT2D eigenvalue weighted by Gasteiger charge is 2.11. The molecule has 0 fully saturated rings. The number of pyridine rings is 1. The minimum Gasteiger partial charge on any atom is -0.478 e. The minimum atomic E-state index is -1.02. The number of hydrogen-bond donors (Lipinski definition) is 1. The van der Waals surface area contributed by atoms with Gasteiger partial charge < -0.3 is 5.11 Å². The van der Waals surface area contributed by atoms with Gasteiger partial charge in [0.15, 0.2) is 0 Å². The predicted molar refractivity (Wildman–Crippen MR) is 45.6 cm³/mol. The van der Waals surface area contributed by atoms with Gasteiger partial charge in [0.2, 0.25) is 0 Å². The Hall–Kier alpha value is -1.09. The number of aromatic nitrogens is 1. The highest BCUT2D eigenvalue weighted by atomic mass is 35.5. The van der Waals surface area contributed by atoms with Crippen LogP contribution in [0.2, 0.25) is 5.02 Å². The Kier molecular flexibility index (Phi) is 2.65. The van der Waals surface area contributed by atoms with Crippen molar-refractivity contribution in [2.24, 2.45) is 0 Å². The summed E-state index contributed by atoms with van der Waals surface area (Å²) in [5.74, 6) is -1.02. The fourth-order valence-electron chi connectivity index (χ4n) is 0.899. The van der Waals surface area contributed by atoms with Gasteiger partial charge in [-0.05, 0) is 12.5 Å². The van der Waals surface area contributed by atoms with Gasteiger partial charge >= 0.3 is 5.97 Å².